The maximum atomic E-state index is 12.6. The summed E-state index contributed by atoms with van der Waals surface area (Å²) in [6.45, 7) is 6.83. The maximum absolute atomic E-state index is 12.6. The van der Waals surface area contributed by atoms with E-state index in [1.807, 2.05) is 20.8 Å². The first-order valence-corrected chi connectivity index (χ1v) is 8.77. The Kier molecular flexibility index (Phi) is 6.17. The minimum Gasteiger partial charge on any atom is -0.478 e. The van der Waals surface area contributed by atoms with Crippen molar-refractivity contribution in [1.82, 2.24) is 4.90 Å². The van der Waals surface area contributed by atoms with E-state index in [1.165, 1.54) is 12.1 Å². The van der Waals surface area contributed by atoms with Crippen LogP contribution in [0.15, 0.2) is 18.2 Å². The molecule has 1 saturated heterocycles. The van der Waals surface area contributed by atoms with Crippen molar-refractivity contribution in [1.29, 1.82) is 0 Å². The van der Waals surface area contributed by atoms with Gasteiger partial charge in [0.1, 0.15) is 0 Å². The molecule has 25 heavy (non-hydrogen) atoms. The first kappa shape index (κ1) is 19.0. The molecule has 1 heterocycles. The lowest BCUT2D eigenvalue weighted by atomic mass is 9.95. The molecule has 1 aliphatic heterocycles. The van der Waals surface area contributed by atoms with Crippen LogP contribution in [0.3, 0.4) is 0 Å². The molecule has 6 nitrogen and oxygen atoms in total. The van der Waals surface area contributed by atoms with Gasteiger partial charge in [-0.25, -0.2) is 4.79 Å². The number of carboxylic acids is 1. The van der Waals surface area contributed by atoms with Crippen molar-refractivity contribution >= 4 is 23.5 Å². The Bertz CT molecular complexity index is 671. The van der Waals surface area contributed by atoms with E-state index in [-0.39, 0.29) is 29.2 Å². The number of piperidine rings is 1. The number of benzene rings is 1. The molecule has 0 saturated carbocycles. The highest BCUT2D eigenvalue weighted by Crippen LogP contribution is 2.23. The van der Waals surface area contributed by atoms with E-state index in [0.717, 1.165) is 24.8 Å². The van der Waals surface area contributed by atoms with Gasteiger partial charge in [0.05, 0.1) is 11.5 Å². The molecule has 2 rings (SSSR count). The van der Waals surface area contributed by atoms with Crippen LogP contribution in [-0.2, 0) is 9.59 Å². The predicted octanol–water partition coefficient (Wildman–Crippen LogP) is 2.92. The lowest BCUT2D eigenvalue weighted by Gasteiger charge is -2.33. The van der Waals surface area contributed by atoms with Crippen LogP contribution in [0.4, 0.5) is 5.69 Å². The van der Waals surface area contributed by atoms with E-state index in [4.69, 9.17) is 5.11 Å². The van der Waals surface area contributed by atoms with Crippen molar-refractivity contribution in [3.63, 3.8) is 0 Å². The van der Waals surface area contributed by atoms with Crippen molar-refractivity contribution in [3.8, 4) is 0 Å². The Morgan fingerprint density at radius 1 is 1.36 bits per heavy atom. The van der Waals surface area contributed by atoms with E-state index in [1.54, 1.807) is 11.0 Å². The summed E-state index contributed by atoms with van der Waals surface area (Å²) >= 11 is 0. The molecule has 2 atom stereocenters. The third-order valence-corrected chi connectivity index (χ3v) is 4.88. The van der Waals surface area contributed by atoms with E-state index in [0.29, 0.717) is 18.8 Å². The molecule has 0 radical (unpaired) electrons. The summed E-state index contributed by atoms with van der Waals surface area (Å²) < 4.78 is 0. The third kappa shape index (κ3) is 4.59. The second-order valence-electron chi connectivity index (χ2n) is 6.76. The molecule has 1 aliphatic rings. The summed E-state index contributed by atoms with van der Waals surface area (Å²) in [6.07, 6.45) is 2.32. The van der Waals surface area contributed by atoms with Crippen molar-refractivity contribution in [3.05, 3.63) is 29.3 Å². The van der Waals surface area contributed by atoms with Gasteiger partial charge in [0.2, 0.25) is 11.8 Å². The lowest BCUT2D eigenvalue weighted by Crippen LogP contribution is -2.45. The number of hydrogen-bond donors (Lipinski definition) is 2. The number of carbonyl (C=O) groups excluding carboxylic acids is 2. The molecule has 0 aromatic heterocycles. The van der Waals surface area contributed by atoms with Gasteiger partial charge in [0.25, 0.3) is 0 Å². The SMILES string of the molecule is CCC(C)C(=O)N1CCCC(C(=O)Nc2cc(C(=O)O)ccc2C)C1. The fourth-order valence-corrected chi connectivity index (χ4v) is 3.00. The monoisotopic (exact) mass is 346 g/mol. The highest BCUT2D eigenvalue weighted by molar-refractivity contribution is 5.96. The van der Waals surface area contributed by atoms with Crippen LogP contribution in [0, 0.1) is 18.8 Å². The molecular formula is C19H26N2O4. The number of carbonyl (C=O) groups is 3. The number of aromatic carboxylic acids is 1. The summed E-state index contributed by atoms with van der Waals surface area (Å²) in [5.74, 6) is -1.39. The van der Waals surface area contributed by atoms with Crippen LogP contribution in [0.25, 0.3) is 0 Å². The topological polar surface area (TPSA) is 86.7 Å². The minimum absolute atomic E-state index is 0.0312. The summed E-state index contributed by atoms with van der Waals surface area (Å²) in [7, 11) is 0. The number of anilines is 1. The van der Waals surface area contributed by atoms with E-state index in [2.05, 4.69) is 5.32 Å². The Balaban J connectivity index is 2.07. The number of carboxylic acid groups (broad SMARTS) is 1. The number of hydrogen-bond acceptors (Lipinski definition) is 3. The zero-order valence-corrected chi connectivity index (χ0v) is 15.0. The quantitative estimate of drug-likeness (QED) is 0.858. The average Bonchev–Trinajstić information content (AvgIpc) is 2.62. The molecular weight excluding hydrogens is 320 g/mol. The fraction of sp³-hybridized carbons (Fsp3) is 0.526. The molecule has 0 aliphatic carbocycles. The number of rotatable bonds is 5. The van der Waals surface area contributed by atoms with Gasteiger partial charge >= 0.3 is 5.97 Å². The molecule has 1 aromatic rings. The molecule has 6 heteroatoms. The summed E-state index contributed by atoms with van der Waals surface area (Å²) in [4.78, 5) is 37.9. The normalized spacial score (nSPS) is 18.5. The van der Waals surface area contributed by atoms with Gasteiger partial charge in [0, 0.05) is 24.7 Å². The van der Waals surface area contributed by atoms with Crippen LogP contribution in [-0.4, -0.2) is 40.9 Å². The number of nitrogens with zero attached hydrogens (tertiary/aromatic N) is 1. The number of likely N-dealkylation sites (tertiary alicyclic amines) is 1. The molecule has 0 spiro atoms. The van der Waals surface area contributed by atoms with Gasteiger partial charge in [-0.3, -0.25) is 9.59 Å². The van der Waals surface area contributed by atoms with Gasteiger partial charge in [0.15, 0.2) is 0 Å². The van der Waals surface area contributed by atoms with Gasteiger partial charge in [-0.15, -0.1) is 0 Å². The van der Waals surface area contributed by atoms with Crippen molar-refractivity contribution in [2.75, 3.05) is 18.4 Å². The van der Waals surface area contributed by atoms with E-state index in [9.17, 15) is 14.4 Å². The molecule has 1 aromatic carbocycles. The Morgan fingerprint density at radius 3 is 2.72 bits per heavy atom. The van der Waals surface area contributed by atoms with Crippen LogP contribution in [0.5, 0.6) is 0 Å². The van der Waals surface area contributed by atoms with E-state index < -0.39 is 5.97 Å². The number of aryl methyl sites for hydroxylation is 1. The van der Waals surface area contributed by atoms with Crippen LogP contribution < -0.4 is 5.32 Å². The second kappa shape index (κ2) is 8.14. The van der Waals surface area contributed by atoms with Gasteiger partial charge < -0.3 is 15.3 Å². The van der Waals surface area contributed by atoms with Crippen molar-refractivity contribution in [2.45, 2.75) is 40.0 Å². The molecule has 136 valence electrons. The zero-order chi connectivity index (χ0) is 18.6. The lowest BCUT2D eigenvalue weighted by molar-refractivity contribution is -0.138. The predicted molar refractivity (Wildman–Crippen MR) is 95.5 cm³/mol. The molecule has 1 fully saturated rings. The molecule has 2 N–H and O–H groups in total. The second-order valence-corrected chi connectivity index (χ2v) is 6.76. The maximum Gasteiger partial charge on any atom is 0.335 e. The van der Waals surface area contributed by atoms with Crippen LogP contribution in [0.2, 0.25) is 0 Å². The fourth-order valence-electron chi connectivity index (χ4n) is 3.00. The first-order valence-electron chi connectivity index (χ1n) is 8.77. The highest BCUT2D eigenvalue weighted by Gasteiger charge is 2.30. The number of nitrogens with one attached hydrogen (secondary N) is 1. The Labute approximate surface area is 148 Å². The highest BCUT2D eigenvalue weighted by atomic mass is 16.4. The summed E-state index contributed by atoms with van der Waals surface area (Å²) in [6, 6.07) is 4.67. The van der Waals surface area contributed by atoms with E-state index >= 15 is 0 Å². The summed E-state index contributed by atoms with van der Waals surface area (Å²) in [5, 5.41) is 11.9. The van der Waals surface area contributed by atoms with Gasteiger partial charge in [-0.05, 0) is 43.9 Å². The molecule has 2 amide bonds. The van der Waals surface area contributed by atoms with Gasteiger partial charge in [-0.2, -0.15) is 0 Å². The van der Waals surface area contributed by atoms with Gasteiger partial charge in [-0.1, -0.05) is 19.9 Å². The zero-order valence-electron chi connectivity index (χ0n) is 15.0. The molecule has 0 bridgehead atoms. The largest absolute Gasteiger partial charge is 0.478 e. The smallest absolute Gasteiger partial charge is 0.335 e. The summed E-state index contributed by atoms with van der Waals surface area (Å²) in [5.41, 5.74) is 1.45. The number of amides is 2. The molecule has 2 unspecified atom stereocenters. The standard InChI is InChI=1S/C19H26N2O4/c1-4-12(2)18(23)21-9-5-6-15(11-21)17(22)20-16-10-14(19(24)25)8-7-13(16)3/h7-8,10,12,15H,4-6,9,11H2,1-3H3,(H,20,22)(H,24,25). The van der Waals surface area contributed by atoms with Crippen molar-refractivity contribution < 1.29 is 19.5 Å². The van der Waals surface area contributed by atoms with Crippen molar-refractivity contribution in [2.24, 2.45) is 11.8 Å². The first-order chi connectivity index (χ1) is 11.8. The minimum atomic E-state index is -1.03. The van der Waals surface area contributed by atoms with Crippen LogP contribution in [0.1, 0.15) is 49.0 Å². The Hall–Kier alpha value is -2.37. The third-order valence-electron chi connectivity index (χ3n) is 4.88. The average molecular weight is 346 g/mol. The Morgan fingerprint density at radius 2 is 2.08 bits per heavy atom. The van der Waals surface area contributed by atoms with Crippen LogP contribution >= 0.6 is 0 Å².